The van der Waals surface area contributed by atoms with Gasteiger partial charge < -0.3 is 23.9 Å². The van der Waals surface area contributed by atoms with Crippen LogP contribution < -0.4 is 19.5 Å². The molecule has 174 valence electrons. The van der Waals surface area contributed by atoms with Gasteiger partial charge in [-0.1, -0.05) is 35.9 Å². The van der Waals surface area contributed by atoms with E-state index in [2.05, 4.69) is 5.32 Å². The molecule has 0 aliphatic heterocycles. The molecule has 6 nitrogen and oxygen atoms in total. The predicted octanol–water partition coefficient (Wildman–Crippen LogP) is 6.26. The van der Waals surface area contributed by atoms with Gasteiger partial charge in [0.25, 0.3) is 5.91 Å². The van der Waals surface area contributed by atoms with Crippen molar-refractivity contribution in [1.82, 2.24) is 5.32 Å². The average Bonchev–Trinajstić information content (AvgIpc) is 3.33. The molecule has 0 aliphatic carbocycles. The second-order valence-corrected chi connectivity index (χ2v) is 7.84. The third-order valence-electron chi connectivity index (χ3n) is 5.21. The molecule has 0 saturated carbocycles. The van der Waals surface area contributed by atoms with E-state index in [1.54, 1.807) is 38.5 Å². The molecule has 1 N–H and O–H groups in total. The summed E-state index contributed by atoms with van der Waals surface area (Å²) < 4.78 is 22.5. The van der Waals surface area contributed by atoms with Gasteiger partial charge in [-0.3, -0.25) is 4.79 Å². The molecular weight excluding hydrogens is 454 g/mol. The van der Waals surface area contributed by atoms with Crippen molar-refractivity contribution in [3.8, 4) is 23.0 Å². The van der Waals surface area contributed by atoms with Crippen LogP contribution in [0.1, 0.15) is 27.4 Å². The third-order valence-corrected chi connectivity index (χ3v) is 5.56. The highest BCUT2D eigenvalue weighted by molar-refractivity contribution is 6.31. The first-order valence-corrected chi connectivity index (χ1v) is 11.0. The van der Waals surface area contributed by atoms with Gasteiger partial charge >= 0.3 is 0 Å². The zero-order valence-electron chi connectivity index (χ0n) is 18.8. The summed E-state index contributed by atoms with van der Waals surface area (Å²) in [6.07, 6.45) is 0.452. The highest BCUT2D eigenvalue weighted by atomic mass is 35.5. The van der Waals surface area contributed by atoms with Crippen molar-refractivity contribution in [3.63, 3.8) is 0 Å². The Balaban J connectivity index is 1.44. The summed E-state index contributed by atoms with van der Waals surface area (Å²) in [5.41, 5.74) is 1.57. The molecule has 1 heterocycles. The van der Waals surface area contributed by atoms with Crippen molar-refractivity contribution in [1.29, 1.82) is 0 Å². The Hall–Kier alpha value is -3.90. The number of carbonyl (C=O) groups excluding carboxylic acids is 1. The molecule has 0 spiro atoms. The van der Waals surface area contributed by atoms with Gasteiger partial charge in [0.15, 0.2) is 5.76 Å². The number of furan rings is 1. The molecule has 0 atom stereocenters. The Morgan fingerprint density at radius 1 is 0.882 bits per heavy atom. The van der Waals surface area contributed by atoms with Gasteiger partial charge in [-0.15, -0.1) is 0 Å². The molecule has 0 bridgehead atoms. The van der Waals surface area contributed by atoms with E-state index in [4.69, 9.17) is 30.2 Å². The maximum Gasteiger partial charge on any atom is 0.287 e. The van der Waals surface area contributed by atoms with E-state index < -0.39 is 0 Å². The van der Waals surface area contributed by atoms with E-state index in [-0.39, 0.29) is 18.2 Å². The van der Waals surface area contributed by atoms with Gasteiger partial charge in [0.2, 0.25) is 0 Å². The number of para-hydroxylation sites is 1. The maximum atomic E-state index is 12.8. The zero-order chi connectivity index (χ0) is 23.9. The van der Waals surface area contributed by atoms with E-state index in [1.807, 2.05) is 54.6 Å². The highest BCUT2D eigenvalue weighted by Gasteiger charge is 2.16. The topological polar surface area (TPSA) is 69.9 Å². The number of hydrogen-bond acceptors (Lipinski definition) is 5. The Morgan fingerprint density at radius 3 is 2.47 bits per heavy atom. The molecule has 1 amide bonds. The maximum absolute atomic E-state index is 12.8. The summed E-state index contributed by atoms with van der Waals surface area (Å²) >= 11 is 6.40. The molecular formula is C27H24ClNO5. The molecule has 0 fully saturated rings. The largest absolute Gasteiger partial charge is 0.497 e. The van der Waals surface area contributed by atoms with Crippen LogP contribution in [0.5, 0.6) is 23.0 Å². The molecule has 4 rings (SSSR count). The summed E-state index contributed by atoms with van der Waals surface area (Å²) in [4.78, 5) is 12.8. The van der Waals surface area contributed by atoms with Crippen LogP contribution in [0, 0.1) is 0 Å². The molecule has 4 aromatic rings. The monoisotopic (exact) mass is 477 g/mol. The minimum Gasteiger partial charge on any atom is -0.497 e. The number of amides is 1. The molecule has 0 radical (unpaired) electrons. The van der Waals surface area contributed by atoms with Gasteiger partial charge in [0.05, 0.1) is 14.2 Å². The smallest absolute Gasteiger partial charge is 0.287 e. The molecule has 0 aliphatic rings. The molecule has 7 heteroatoms. The minimum absolute atomic E-state index is 0.181. The number of nitrogens with one attached hydrogen (secondary N) is 1. The fourth-order valence-corrected chi connectivity index (χ4v) is 3.71. The second-order valence-electron chi connectivity index (χ2n) is 7.43. The van der Waals surface area contributed by atoms with Crippen LogP contribution in [0.3, 0.4) is 0 Å². The van der Waals surface area contributed by atoms with Crippen LogP contribution in [0.15, 0.2) is 83.3 Å². The summed E-state index contributed by atoms with van der Waals surface area (Å²) in [5.74, 6) is 3.16. The van der Waals surface area contributed by atoms with Crippen LogP contribution in [0.4, 0.5) is 0 Å². The molecule has 0 saturated heterocycles. The van der Waals surface area contributed by atoms with Crippen LogP contribution >= 0.6 is 11.6 Å². The fourth-order valence-electron chi connectivity index (χ4n) is 3.48. The van der Waals surface area contributed by atoms with Crippen LogP contribution in [-0.2, 0) is 13.0 Å². The Bertz CT molecular complexity index is 1270. The summed E-state index contributed by atoms with van der Waals surface area (Å²) in [6.45, 7) is 0.181. The lowest BCUT2D eigenvalue weighted by atomic mass is 10.1. The van der Waals surface area contributed by atoms with Crippen molar-refractivity contribution in [2.45, 2.75) is 13.0 Å². The van der Waals surface area contributed by atoms with Crippen molar-refractivity contribution in [3.05, 3.63) is 107 Å². The molecule has 34 heavy (non-hydrogen) atoms. The van der Waals surface area contributed by atoms with E-state index in [9.17, 15) is 4.79 Å². The van der Waals surface area contributed by atoms with Crippen molar-refractivity contribution in [2.24, 2.45) is 0 Å². The number of rotatable bonds is 9. The van der Waals surface area contributed by atoms with Gasteiger partial charge in [-0.05, 0) is 54.6 Å². The average molecular weight is 478 g/mol. The van der Waals surface area contributed by atoms with Crippen LogP contribution in [-0.4, -0.2) is 20.1 Å². The first-order chi connectivity index (χ1) is 16.6. The quantitative estimate of drug-likeness (QED) is 0.308. The standard InChI is InChI=1S/C27H24ClNO5/c1-31-20-11-13-24(32-2)18(15-20)16-21-12-14-26(34-21)27(30)29-17-22-23(28)9-6-10-25(22)33-19-7-4-3-5-8-19/h3-15H,16-17H2,1-2H3,(H,29,30). The van der Waals surface area contributed by atoms with Crippen LogP contribution in [0.25, 0.3) is 0 Å². The van der Waals surface area contributed by atoms with E-state index in [0.29, 0.717) is 45.8 Å². The van der Waals surface area contributed by atoms with Crippen molar-refractivity contribution < 1.29 is 23.4 Å². The van der Waals surface area contributed by atoms with Gasteiger partial charge in [-0.2, -0.15) is 0 Å². The summed E-state index contributed by atoms with van der Waals surface area (Å²) in [5, 5.41) is 3.36. The number of halogens is 1. The zero-order valence-corrected chi connectivity index (χ0v) is 19.6. The summed E-state index contributed by atoms with van der Waals surface area (Å²) in [6, 6.07) is 23.7. The molecule has 1 aromatic heterocycles. The first kappa shape index (κ1) is 23.3. The fraction of sp³-hybridized carbons (Fsp3) is 0.148. The van der Waals surface area contributed by atoms with Crippen molar-refractivity contribution >= 4 is 17.5 Å². The number of hydrogen-bond donors (Lipinski definition) is 1. The third kappa shape index (κ3) is 5.53. The van der Waals surface area contributed by atoms with E-state index in [0.717, 1.165) is 5.56 Å². The first-order valence-electron chi connectivity index (χ1n) is 10.7. The number of ether oxygens (including phenoxy) is 3. The minimum atomic E-state index is -0.352. The van der Waals surface area contributed by atoms with E-state index in [1.165, 1.54) is 0 Å². The SMILES string of the molecule is COc1ccc(OC)c(Cc2ccc(C(=O)NCc3c(Cl)cccc3Oc3ccccc3)o2)c1. The van der Waals surface area contributed by atoms with Gasteiger partial charge in [0.1, 0.15) is 28.8 Å². The van der Waals surface area contributed by atoms with Gasteiger partial charge in [0, 0.05) is 29.1 Å². The number of carbonyl (C=O) groups is 1. The lowest BCUT2D eigenvalue weighted by Gasteiger charge is -2.13. The Labute approximate surface area is 203 Å². The molecule has 3 aromatic carbocycles. The summed E-state index contributed by atoms with van der Waals surface area (Å²) in [7, 11) is 3.22. The second kappa shape index (κ2) is 10.8. The van der Waals surface area contributed by atoms with Gasteiger partial charge in [-0.25, -0.2) is 0 Å². The lowest BCUT2D eigenvalue weighted by Crippen LogP contribution is -2.22. The predicted molar refractivity (Wildman–Crippen MR) is 130 cm³/mol. The lowest BCUT2D eigenvalue weighted by molar-refractivity contribution is 0.0921. The molecule has 0 unspecified atom stereocenters. The number of methoxy groups -OCH3 is 2. The number of benzene rings is 3. The highest BCUT2D eigenvalue weighted by Crippen LogP contribution is 2.31. The van der Waals surface area contributed by atoms with Crippen molar-refractivity contribution in [2.75, 3.05) is 14.2 Å². The Morgan fingerprint density at radius 2 is 1.71 bits per heavy atom. The Kier molecular flexibility index (Phi) is 7.40. The normalized spacial score (nSPS) is 10.6. The van der Waals surface area contributed by atoms with E-state index >= 15 is 0 Å². The van der Waals surface area contributed by atoms with Crippen LogP contribution in [0.2, 0.25) is 5.02 Å².